The molecule has 0 aliphatic carbocycles. The number of hydrogen-bond acceptors (Lipinski definition) is 5. The molecule has 2 aromatic heterocycles. The van der Waals surface area contributed by atoms with Crippen molar-refractivity contribution in [1.82, 2.24) is 15.0 Å². The van der Waals surface area contributed by atoms with Crippen molar-refractivity contribution < 1.29 is 4.74 Å². The maximum Gasteiger partial charge on any atom is 0.180 e. The van der Waals surface area contributed by atoms with Crippen molar-refractivity contribution in [3.05, 3.63) is 54.4 Å². The number of pyridine rings is 1. The molecule has 3 aromatic rings. The molecule has 0 amide bonds. The molecule has 1 unspecified atom stereocenters. The van der Waals surface area contributed by atoms with Crippen LogP contribution in [0.15, 0.2) is 48.8 Å². The molecule has 0 radical (unpaired) electrons. The Hall–Kier alpha value is -2.53. The Morgan fingerprint density at radius 1 is 1.10 bits per heavy atom. The first-order chi connectivity index (χ1) is 10.3. The van der Waals surface area contributed by atoms with Crippen molar-refractivity contribution in [2.45, 2.75) is 13.0 Å². The second-order valence-electron chi connectivity index (χ2n) is 4.72. The van der Waals surface area contributed by atoms with E-state index in [0.29, 0.717) is 5.65 Å². The summed E-state index contributed by atoms with van der Waals surface area (Å²) >= 11 is 0. The number of aromatic nitrogens is 3. The molecule has 1 aromatic carbocycles. The number of ether oxygens (including phenoxy) is 1. The monoisotopic (exact) mass is 280 g/mol. The van der Waals surface area contributed by atoms with Crippen LogP contribution < -0.4 is 5.32 Å². The molecule has 0 saturated carbocycles. The smallest absolute Gasteiger partial charge is 0.180 e. The largest absolute Gasteiger partial charge is 0.377 e. The third-order valence-electron chi connectivity index (χ3n) is 3.31. The molecular weight excluding hydrogens is 264 g/mol. The number of hydrogen-bond donors (Lipinski definition) is 1. The molecule has 0 spiro atoms. The van der Waals surface area contributed by atoms with Crippen LogP contribution >= 0.6 is 0 Å². The molecular formula is C16H16N4O. The van der Waals surface area contributed by atoms with Crippen LogP contribution in [0, 0.1) is 0 Å². The minimum absolute atomic E-state index is 0.0576. The van der Waals surface area contributed by atoms with Gasteiger partial charge in [-0.3, -0.25) is 4.98 Å². The van der Waals surface area contributed by atoms with E-state index in [0.717, 1.165) is 22.6 Å². The van der Waals surface area contributed by atoms with Gasteiger partial charge in [0, 0.05) is 25.2 Å². The summed E-state index contributed by atoms with van der Waals surface area (Å²) in [7, 11) is 1.70. The van der Waals surface area contributed by atoms with Crippen molar-refractivity contribution in [2.24, 2.45) is 0 Å². The van der Waals surface area contributed by atoms with Gasteiger partial charge in [0.05, 0.1) is 6.10 Å². The molecule has 0 saturated heterocycles. The topological polar surface area (TPSA) is 59.9 Å². The number of nitrogens with zero attached hydrogens (tertiary/aromatic N) is 3. The summed E-state index contributed by atoms with van der Waals surface area (Å²) < 4.78 is 5.34. The molecule has 0 fully saturated rings. The van der Waals surface area contributed by atoms with E-state index >= 15 is 0 Å². The number of rotatable bonds is 4. The number of benzene rings is 1. The molecule has 3 rings (SSSR count). The van der Waals surface area contributed by atoms with Gasteiger partial charge in [-0.05, 0) is 36.8 Å². The van der Waals surface area contributed by atoms with Crippen molar-refractivity contribution >= 4 is 22.7 Å². The minimum Gasteiger partial charge on any atom is -0.377 e. The van der Waals surface area contributed by atoms with Crippen LogP contribution in [-0.2, 0) is 4.74 Å². The first kappa shape index (κ1) is 13.5. The molecule has 5 heteroatoms. The SMILES string of the molecule is COC(C)c1cccc(Nc2ccc3nccnc3n2)c1. The standard InChI is InChI=1S/C16H16N4O/c1-11(21-2)12-4-3-5-13(10-12)19-15-7-6-14-16(20-15)18-9-8-17-14/h3-11H,1-2H3,(H,18,19,20). The second kappa shape index (κ2) is 5.85. The lowest BCUT2D eigenvalue weighted by atomic mass is 10.1. The highest BCUT2D eigenvalue weighted by atomic mass is 16.5. The van der Waals surface area contributed by atoms with Gasteiger partial charge in [-0.2, -0.15) is 0 Å². The van der Waals surface area contributed by atoms with Crippen LogP contribution in [0.25, 0.3) is 11.2 Å². The maximum absolute atomic E-state index is 5.34. The van der Waals surface area contributed by atoms with Crippen LogP contribution in [0.2, 0.25) is 0 Å². The Bertz CT molecular complexity index is 760. The molecule has 1 N–H and O–H groups in total. The first-order valence-corrected chi connectivity index (χ1v) is 6.74. The average Bonchev–Trinajstić information content (AvgIpc) is 2.54. The maximum atomic E-state index is 5.34. The zero-order chi connectivity index (χ0) is 14.7. The van der Waals surface area contributed by atoms with Gasteiger partial charge in [0.25, 0.3) is 0 Å². The highest BCUT2D eigenvalue weighted by Crippen LogP contribution is 2.22. The zero-order valence-corrected chi connectivity index (χ0v) is 11.9. The van der Waals surface area contributed by atoms with E-state index in [2.05, 4.69) is 26.3 Å². The lowest BCUT2D eigenvalue weighted by molar-refractivity contribution is 0.119. The van der Waals surface area contributed by atoms with Crippen molar-refractivity contribution in [3.8, 4) is 0 Å². The van der Waals surface area contributed by atoms with Gasteiger partial charge in [0.2, 0.25) is 0 Å². The summed E-state index contributed by atoms with van der Waals surface area (Å²) in [6.07, 6.45) is 3.36. The zero-order valence-electron chi connectivity index (χ0n) is 11.9. The summed E-state index contributed by atoms with van der Waals surface area (Å²) in [5.74, 6) is 0.741. The predicted octanol–water partition coefficient (Wildman–Crippen LogP) is 3.48. The van der Waals surface area contributed by atoms with E-state index in [1.54, 1.807) is 19.5 Å². The second-order valence-corrected chi connectivity index (χ2v) is 4.72. The fourth-order valence-corrected chi connectivity index (χ4v) is 2.08. The third kappa shape index (κ3) is 2.98. The van der Waals surface area contributed by atoms with Gasteiger partial charge in [-0.15, -0.1) is 0 Å². The Kier molecular flexibility index (Phi) is 3.75. The Morgan fingerprint density at radius 2 is 1.95 bits per heavy atom. The fourth-order valence-electron chi connectivity index (χ4n) is 2.08. The normalized spacial score (nSPS) is 12.3. The van der Waals surface area contributed by atoms with E-state index in [1.807, 2.05) is 37.3 Å². The number of fused-ring (bicyclic) bond motifs is 1. The molecule has 0 aliphatic heterocycles. The van der Waals surface area contributed by atoms with Crippen molar-refractivity contribution in [2.75, 3.05) is 12.4 Å². The van der Waals surface area contributed by atoms with E-state index in [1.165, 1.54) is 0 Å². The summed E-state index contributed by atoms with van der Waals surface area (Å²) in [5, 5.41) is 3.28. The number of methoxy groups -OCH3 is 1. The highest BCUT2D eigenvalue weighted by Gasteiger charge is 2.05. The summed E-state index contributed by atoms with van der Waals surface area (Å²) in [4.78, 5) is 12.9. The summed E-state index contributed by atoms with van der Waals surface area (Å²) in [6, 6.07) is 11.9. The lowest BCUT2D eigenvalue weighted by Gasteiger charge is -2.12. The van der Waals surface area contributed by atoms with Crippen LogP contribution in [0.4, 0.5) is 11.5 Å². The van der Waals surface area contributed by atoms with Crippen molar-refractivity contribution in [1.29, 1.82) is 0 Å². The van der Waals surface area contributed by atoms with Gasteiger partial charge in [-0.25, -0.2) is 9.97 Å². The van der Waals surface area contributed by atoms with Gasteiger partial charge in [0.15, 0.2) is 5.65 Å². The lowest BCUT2D eigenvalue weighted by Crippen LogP contribution is -1.99. The van der Waals surface area contributed by atoms with Gasteiger partial charge in [0.1, 0.15) is 11.3 Å². The molecule has 0 bridgehead atoms. The Labute approximate surface area is 123 Å². The molecule has 5 nitrogen and oxygen atoms in total. The fraction of sp³-hybridized carbons (Fsp3) is 0.188. The van der Waals surface area contributed by atoms with E-state index in [9.17, 15) is 0 Å². The van der Waals surface area contributed by atoms with E-state index < -0.39 is 0 Å². The molecule has 21 heavy (non-hydrogen) atoms. The Morgan fingerprint density at radius 3 is 2.81 bits per heavy atom. The van der Waals surface area contributed by atoms with Crippen molar-refractivity contribution in [3.63, 3.8) is 0 Å². The minimum atomic E-state index is 0.0576. The molecule has 2 heterocycles. The quantitative estimate of drug-likeness (QED) is 0.793. The number of anilines is 2. The van der Waals surface area contributed by atoms with Crippen LogP contribution in [0.1, 0.15) is 18.6 Å². The van der Waals surface area contributed by atoms with E-state index in [-0.39, 0.29) is 6.10 Å². The van der Waals surface area contributed by atoms with Gasteiger partial charge in [-0.1, -0.05) is 12.1 Å². The van der Waals surface area contributed by atoms with E-state index in [4.69, 9.17) is 4.74 Å². The molecule has 0 aliphatic rings. The average molecular weight is 280 g/mol. The van der Waals surface area contributed by atoms with Crippen LogP contribution in [0.3, 0.4) is 0 Å². The molecule has 106 valence electrons. The highest BCUT2D eigenvalue weighted by molar-refractivity contribution is 5.72. The van der Waals surface area contributed by atoms with Crippen LogP contribution in [-0.4, -0.2) is 22.1 Å². The Balaban J connectivity index is 1.87. The summed E-state index contributed by atoms with van der Waals surface area (Å²) in [6.45, 7) is 2.02. The summed E-state index contributed by atoms with van der Waals surface area (Å²) in [5.41, 5.74) is 3.49. The molecule has 1 atom stereocenters. The van der Waals surface area contributed by atoms with Gasteiger partial charge >= 0.3 is 0 Å². The number of nitrogens with one attached hydrogen (secondary N) is 1. The van der Waals surface area contributed by atoms with Gasteiger partial charge < -0.3 is 10.1 Å². The predicted molar refractivity (Wildman–Crippen MR) is 82.5 cm³/mol. The third-order valence-corrected chi connectivity index (χ3v) is 3.31. The van der Waals surface area contributed by atoms with Crippen LogP contribution in [0.5, 0.6) is 0 Å². The first-order valence-electron chi connectivity index (χ1n) is 6.74.